The Bertz CT molecular complexity index is 306. The highest BCUT2D eigenvalue weighted by molar-refractivity contribution is 7.12. The van der Waals surface area contributed by atoms with Gasteiger partial charge in [0.05, 0.1) is 6.61 Å². The first-order valence-corrected chi connectivity index (χ1v) is 5.44. The molecule has 0 saturated heterocycles. The summed E-state index contributed by atoms with van der Waals surface area (Å²) < 4.78 is 4.72. The summed E-state index contributed by atoms with van der Waals surface area (Å²) in [7, 11) is 0. The molecule has 78 valence electrons. The van der Waals surface area contributed by atoms with Crippen LogP contribution in [-0.2, 0) is 16.0 Å². The number of rotatable bonds is 4. The predicted octanol–water partition coefficient (Wildman–Crippen LogP) is 1.91. The number of esters is 1. The maximum atomic E-state index is 11.2. The van der Waals surface area contributed by atoms with Gasteiger partial charge in [0.1, 0.15) is 0 Å². The highest BCUT2D eigenvalue weighted by Crippen LogP contribution is 2.24. The van der Waals surface area contributed by atoms with E-state index in [4.69, 9.17) is 4.74 Å². The van der Waals surface area contributed by atoms with Gasteiger partial charge in [-0.15, -0.1) is 11.3 Å². The van der Waals surface area contributed by atoms with Gasteiger partial charge in [0.15, 0.2) is 6.10 Å². The summed E-state index contributed by atoms with van der Waals surface area (Å²) in [6.45, 7) is 4.05. The van der Waals surface area contributed by atoms with E-state index in [9.17, 15) is 9.90 Å². The molecule has 0 aliphatic heterocycles. The number of aryl methyl sites for hydroxylation is 1. The van der Waals surface area contributed by atoms with Gasteiger partial charge < -0.3 is 9.84 Å². The van der Waals surface area contributed by atoms with E-state index in [1.807, 2.05) is 13.0 Å². The van der Waals surface area contributed by atoms with E-state index in [0.717, 1.165) is 11.3 Å². The lowest BCUT2D eigenvalue weighted by Crippen LogP contribution is -2.14. The first kappa shape index (κ1) is 11.2. The molecule has 1 aromatic heterocycles. The van der Waals surface area contributed by atoms with Crippen LogP contribution < -0.4 is 0 Å². The molecule has 0 aromatic carbocycles. The molecule has 0 aliphatic rings. The number of carbonyl (C=O) groups is 1. The zero-order valence-corrected chi connectivity index (χ0v) is 9.13. The summed E-state index contributed by atoms with van der Waals surface area (Å²) >= 11 is 1.44. The molecular weight excluding hydrogens is 200 g/mol. The van der Waals surface area contributed by atoms with E-state index in [1.165, 1.54) is 11.3 Å². The van der Waals surface area contributed by atoms with E-state index < -0.39 is 12.1 Å². The average Bonchev–Trinajstić information content (AvgIpc) is 2.65. The fraction of sp³-hybridized carbons (Fsp3) is 0.500. The van der Waals surface area contributed by atoms with Gasteiger partial charge in [-0.2, -0.15) is 0 Å². The molecule has 0 aliphatic carbocycles. The molecule has 0 saturated carbocycles. The molecule has 0 spiro atoms. The Kier molecular flexibility index (Phi) is 4.10. The lowest BCUT2D eigenvalue weighted by Gasteiger charge is -2.06. The summed E-state index contributed by atoms with van der Waals surface area (Å²) in [5.41, 5.74) is 0. The van der Waals surface area contributed by atoms with Crippen molar-refractivity contribution in [1.29, 1.82) is 0 Å². The third-order valence-electron chi connectivity index (χ3n) is 1.81. The molecule has 0 amide bonds. The molecule has 1 unspecified atom stereocenters. The van der Waals surface area contributed by atoms with Crippen LogP contribution in [0.1, 0.15) is 29.7 Å². The zero-order valence-electron chi connectivity index (χ0n) is 8.32. The van der Waals surface area contributed by atoms with Crippen molar-refractivity contribution in [3.63, 3.8) is 0 Å². The number of thiophene rings is 1. The second kappa shape index (κ2) is 5.12. The van der Waals surface area contributed by atoms with Crippen LogP contribution in [0.2, 0.25) is 0 Å². The molecular formula is C10H14O3S. The van der Waals surface area contributed by atoms with Crippen molar-refractivity contribution in [3.8, 4) is 0 Å². The molecule has 1 heterocycles. The molecule has 1 rings (SSSR count). The minimum atomic E-state index is -1.12. The molecule has 14 heavy (non-hydrogen) atoms. The van der Waals surface area contributed by atoms with Crippen molar-refractivity contribution in [2.45, 2.75) is 26.4 Å². The minimum Gasteiger partial charge on any atom is -0.464 e. The van der Waals surface area contributed by atoms with Gasteiger partial charge in [-0.3, -0.25) is 0 Å². The Morgan fingerprint density at radius 2 is 2.29 bits per heavy atom. The molecule has 0 bridgehead atoms. The van der Waals surface area contributed by atoms with Crippen molar-refractivity contribution in [2.75, 3.05) is 6.61 Å². The normalized spacial score (nSPS) is 12.5. The van der Waals surface area contributed by atoms with Crippen LogP contribution in [-0.4, -0.2) is 17.7 Å². The van der Waals surface area contributed by atoms with Gasteiger partial charge >= 0.3 is 5.97 Å². The van der Waals surface area contributed by atoms with Gasteiger partial charge in [0.25, 0.3) is 0 Å². The van der Waals surface area contributed by atoms with E-state index >= 15 is 0 Å². The predicted molar refractivity (Wildman–Crippen MR) is 55.3 cm³/mol. The second-order valence-electron chi connectivity index (χ2n) is 2.81. The van der Waals surface area contributed by atoms with Crippen molar-refractivity contribution >= 4 is 17.3 Å². The van der Waals surface area contributed by atoms with Crippen LogP contribution >= 0.6 is 11.3 Å². The summed E-state index contributed by atoms with van der Waals surface area (Å²) in [4.78, 5) is 13.0. The zero-order chi connectivity index (χ0) is 10.6. The number of carbonyl (C=O) groups excluding carboxylic acids is 1. The molecule has 1 N–H and O–H groups in total. The largest absolute Gasteiger partial charge is 0.464 e. The molecule has 1 aromatic rings. The second-order valence-corrected chi connectivity index (χ2v) is 4.01. The number of hydrogen-bond acceptors (Lipinski definition) is 4. The highest BCUT2D eigenvalue weighted by atomic mass is 32.1. The van der Waals surface area contributed by atoms with Crippen LogP contribution in [0.3, 0.4) is 0 Å². The van der Waals surface area contributed by atoms with Gasteiger partial charge in [0.2, 0.25) is 0 Å². The molecule has 4 heteroatoms. The third kappa shape index (κ3) is 2.56. The third-order valence-corrected chi connectivity index (χ3v) is 3.09. The smallest absolute Gasteiger partial charge is 0.340 e. The van der Waals surface area contributed by atoms with Crippen LogP contribution in [0.5, 0.6) is 0 Å². The fourth-order valence-corrected chi connectivity index (χ4v) is 2.00. The maximum absolute atomic E-state index is 11.2. The number of hydrogen-bond donors (Lipinski definition) is 1. The Morgan fingerprint density at radius 3 is 2.79 bits per heavy atom. The monoisotopic (exact) mass is 214 g/mol. The first-order chi connectivity index (χ1) is 6.69. The quantitative estimate of drug-likeness (QED) is 0.779. The number of aliphatic hydroxyl groups is 1. The van der Waals surface area contributed by atoms with Crippen molar-refractivity contribution in [1.82, 2.24) is 0 Å². The molecule has 0 fully saturated rings. The highest BCUT2D eigenvalue weighted by Gasteiger charge is 2.19. The number of ether oxygens (including phenoxy) is 1. The molecule has 0 radical (unpaired) electrons. The van der Waals surface area contributed by atoms with Gasteiger partial charge in [-0.1, -0.05) is 6.92 Å². The molecule has 3 nitrogen and oxygen atoms in total. The van der Waals surface area contributed by atoms with Crippen LogP contribution in [0.25, 0.3) is 0 Å². The van der Waals surface area contributed by atoms with Crippen LogP contribution in [0.15, 0.2) is 12.1 Å². The SMILES string of the molecule is CCOC(=O)C(O)c1ccc(CC)s1. The fourth-order valence-electron chi connectivity index (χ4n) is 1.07. The Hall–Kier alpha value is -0.870. The van der Waals surface area contributed by atoms with E-state index in [1.54, 1.807) is 13.0 Å². The van der Waals surface area contributed by atoms with Crippen molar-refractivity contribution in [3.05, 3.63) is 21.9 Å². The summed E-state index contributed by atoms with van der Waals surface area (Å²) in [6.07, 6.45) is -0.208. The van der Waals surface area contributed by atoms with E-state index in [2.05, 4.69) is 0 Å². The summed E-state index contributed by atoms with van der Waals surface area (Å²) in [6, 6.07) is 3.69. The van der Waals surface area contributed by atoms with E-state index in [-0.39, 0.29) is 0 Å². The summed E-state index contributed by atoms with van der Waals surface area (Å²) in [5, 5.41) is 9.56. The first-order valence-electron chi connectivity index (χ1n) is 4.62. The average molecular weight is 214 g/mol. The molecule has 1 atom stereocenters. The van der Waals surface area contributed by atoms with Gasteiger partial charge in [-0.05, 0) is 25.5 Å². The van der Waals surface area contributed by atoms with Gasteiger partial charge in [-0.25, -0.2) is 4.79 Å². The minimum absolute atomic E-state index is 0.294. The van der Waals surface area contributed by atoms with Crippen molar-refractivity contribution in [2.24, 2.45) is 0 Å². The van der Waals surface area contributed by atoms with Crippen LogP contribution in [0.4, 0.5) is 0 Å². The van der Waals surface area contributed by atoms with Gasteiger partial charge in [0, 0.05) is 9.75 Å². The van der Waals surface area contributed by atoms with Crippen LogP contribution in [0, 0.1) is 0 Å². The lowest BCUT2D eigenvalue weighted by atomic mass is 10.3. The van der Waals surface area contributed by atoms with Crippen molar-refractivity contribution < 1.29 is 14.6 Å². The Morgan fingerprint density at radius 1 is 1.57 bits per heavy atom. The number of aliphatic hydroxyl groups excluding tert-OH is 1. The lowest BCUT2D eigenvalue weighted by molar-refractivity contribution is -0.153. The Labute approximate surface area is 87.3 Å². The standard InChI is InChI=1S/C10H14O3S/c1-3-7-5-6-8(14-7)9(11)10(12)13-4-2/h5-6,9,11H,3-4H2,1-2H3. The summed E-state index contributed by atoms with van der Waals surface area (Å²) in [5.74, 6) is -0.572. The Balaban J connectivity index is 2.68. The van der Waals surface area contributed by atoms with E-state index in [0.29, 0.717) is 11.5 Å². The topological polar surface area (TPSA) is 46.5 Å². The maximum Gasteiger partial charge on any atom is 0.340 e.